The van der Waals surface area contributed by atoms with Crippen LogP contribution in [-0.4, -0.2) is 37.8 Å². The van der Waals surface area contributed by atoms with Crippen molar-refractivity contribution in [3.8, 4) is 0 Å². The molecule has 120 valence electrons. The Balaban J connectivity index is 0.00000220. The third-order valence-electron chi connectivity index (χ3n) is 3.43. The maximum absolute atomic E-state index is 14.0. The summed E-state index contributed by atoms with van der Waals surface area (Å²) in [7, 11) is 0. The summed E-state index contributed by atoms with van der Waals surface area (Å²) < 4.78 is 65.3. The monoisotopic (exact) mass is 330 g/mol. The molecule has 1 fully saturated rings. The summed E-state index contributed by atoms with van der Waals surface area (Å²) in [5.41, 5.74) is -1.58. The van der Waals surface area contributed by atoms with Gasteiger partial charge in [0, 0.05) is 31.7 Å². The van der Waals surface area contributed by atoms with Crippen LogP contribution in [0, 0.1) is 5.82 Å². The molecule has 0 spiro atoms. The molecule has 21 heavy (non-hydrogen) atoms. The fourth-order valence-electron chi connectivity index (χ4n) is 2.40. The van der Waals surface area contributed by atoms with Gasteiger partial charge in [-0.25, -0.2) is 8.78 Å². The molecule has 0 bridgehead atoms. The predicted octanol–water partition coefficient (Wildman–Crippen LogP) is 3.18. The first-order valence-electron chi connectivity index (χ1n) is 6.31. The molecule has 1 aliphatic heterocycles. The lowest BCUT2D eigenvalue weighted by Crippen LogP contribution is -2.46. The zero-order valence-corrected chi connectivity index (χ0v) is 11.9. The number of benzene rings is 1. The van der Waals surface area contributed by atoms with Gasteiger partial charge in [-0.05, 0) is 6.07 Å². The second kappa shape index (κ2) is 7.38. The Morgan fingerprint density at radius 2 is 1.81 bits per heavy atom. The van der Waals surface area contributed by atoms with E-state index in [1.807, 2.05) is 0 Å². The number of hydrogen-bond donors (Lipinski definition) is 1. The summed E-state index contributed by atoms with van der Waals surface area (Å²) >= 11 is 0. The Labute approximate surface area is 125 Å². The summed E-state index contributed by atoms with van der Waals surface area (Å²) in [6, 6.07) is 2.04. The molecule has 1 N–H and O–H groups in total. The van der Waals surface area contributed by atoms with Crippen molar-refractivity contribution in [2.45, 2.75) is 12.2 Å². The lowest BCUT2D eigenvalue weighted by Gasteiger charge is -2.34. The maximum atomic E-state index is 14.0. The first kappa shape index (κ1) is 18.1. The lowest BCUT2D eigenvalue weighted by molar-refractivity contribution is -0.140. The molecule has 1 aromatic carbocycles. The van der Waals surface area contributed by atoms with Crippen LogP contribution in [0.25, 0.3) is 0 Å². The van der Waals surface area contributed by atoms with Crippen molar-refractivity contribution in [2.24, 2.45) is 0 Å². The molecule has 2 rings (SSSR count). The number of piperazine rings is 1. The average molecular weight is 331 g/mol. The number of alkyl halides is 4. The third kappa shape index (κ3) is 4.05. The van der Waals surface area contributed by atoms with E-state index in [1.165, 1.54) is 6.07 Å². The van der Waals surface area contributed by atoms with Crippen molar-refractivity contribution in [3.63, 3.8) is 0 Å². The van der Waals surface area contributed by atoms with Crippen LogP contribution in [0.3, 0.4) is 0 Å². The van der Waals surface area contributed by atoms with E-state index in [0.29, 0.717) is 32.2 Å². The van der Waals surface area contributed by atoms with Gasteiger partial charge in [0.1, 0.15) is 12.5 Å². The van der Waals surface area contributed by atoms with Gasteiger partial charge in [0.05, 0.1) is 11.6 Å². The van der Waals surface area contributed by atoms with Crippen molar-refractivity contribution >= 4 is 12.4 Å². The number of rotatable bonds is 3. The Kier molecular flexibility index (Phi) is 6.37. The normalized spacial score (nSPS) is 18.1. The highest BCUT2D eigenvalue weighted by atomic mass is 35.5. The average Bonchev–Trinajstić information content (AvgIpc) is 2.41. The summed E-state index contributed by atoms with van der Waals surface area (Å²) in [4.78, 5) is 1.66. The van der Waals surface area contributed by atoms with Crippen LogP contribution in [0.5, 0.6) is 0 Å². The van der Waals surface area contributed by atoms with E-state index in [4.69, 9.17) is 0 Å². The molecule has 0 amide bonds. The highest BCUT2D eigenvalue weighted by molar-refractivity contribution is 5.85. The Morgan fingerprint density at radius 1 is 1.19 bits per heavy atom. The van der Waals surface area contributed by atoms with Crippen LogP contribution in [0.2, 0.25) is 0 Å². The quantitative estimate of drug-likeness (QED) is 0.856. The van der Waals surface area contributed by atoms with Crippen molar-refractivity contribution in [1.82, 2.24) is 10.2 Å². The van der Waals surface area contributed by atoms with Gasteiger partial charge < -0.3 is 5.32 Å². The van der Waals surface area contributed by atoms with E-state index in [1.54, 1.807) is 4.90 Å². The first-order chi connectivity index (χ1) is 9.45. The lowest BCUT2D eigenvalue weighted by atomic mass is 10.0. The maximum Gasteiger partial charge on any atom is 0.419 e. The smallest absolute Gasteiger partial charge is 0.314 e. The molecule has 0 unspecified atom stereocenters. The highest BCUT2D eigenvalue weighted by Gasteiger charge is 2.36. The van der Waals surface area contributed by atoms with E-state index in [-0.39, 0.29) is 18.0 Å². The fourth-order valence-corrected chi connectivity index (χ4v) is 2.40. The Bertz CT molecular complexity index is 460. The van der Waals surface area contributed by atoms with Gasteiger partial charge in [-0.1, -0.05) is 12.1 Å². The standard InChI is InChI=1S/C13H15F5N2.ClH/c14-8-11(20-6-4-19-5-7-20)9-2-1-3-10(12(9)15)13(16,17)18;/h1-3,11,19H,4-8H2;1H/t11-;/m1./s1. The van der Waals surface area contributed by atoms with Crippen LogP contribution >= 0.6 is 12.4 Å². The molecular formula is C13H16ClF5N2. The zero-order chi connectivity index (χ0) is 14.8. The minimum atomic E-state index is -4.77. The van der Waals surface area contributed by atoms with Crippen LogP contribution in [0.15, 0.2) is 18.2 Å². The summed E-state index contributed by atoms with van der Waals surface area (Å²) in [5, 5.41) is 3.06. The Morgan fingerprint density at radius 3 is 2.33 bits per heavy atom. The van der Waals surface area contributed by atoms with Gasteiger partial charge in [0.2, 0.25) is 0 Å². The van der Waals surface area contributed by atoms with E-state index in [0.717, 1.165) is 6.07 Å². The van der Waals surface area contributed by atoms with Gasteiger partial charge in [-0.3, -0.25) is 4.90 Å². The third-order valence-corrected chi connectivity index (χ3v) is 3.43. The summed E-state index contributed by atoms with van der Waals surface area (Å²) in [5.74, 6) is -1.37. The molecule has 1 aromatic rings. The number of hydrogen-bond acceptors (Lipinski definition) is 2. The van der Waals surface area contributed by atoms with Crippen LogP contribution in [0.4, 0.5) is 22.0 Å². The van der Waals surface area contributed by atoms with Crippen molar-refractivity contribution < 1.29 is 22.0 Å². The zero-order valence-electron chi connectivity index (χ0n) is 11.1. The second-order valence-corrected chi connectivity index (χ2v) is 4.66. The molecule has 0 saturated carbocycles. The highest BCUT2D eigenvalue weighted by Crippen LogP contribution is 2.35. The molecule has 0 radical (unpaired) electrons. The van der Waals surface area contributed by atoms with Gasteiger partial charge >= 0.3 is 6.18 Å². The molecule has 1 saturated heterocycles. The minimum absolute atomic E-state index is 0. The number of halogens is 6. The fraction of sp³-hybridized carbons (Fsp3) is 0.538. The van der Waals surface area contributed by atoms with Gasteiger partial charge in [-0.2, -0.15) is 13.2 Å². The molecule has 8 heteroatoms. The molecule has 0 aliphatic carbocycles. The van der Waals surface area contributed by atoms with Crippen LogP contribution in [0.1, 0.15) is 17.2 Å². The second-order valence-electron chi connectivity index (χ2n) is 4.66. The van der Waals surface area contributed by atoms with Crippen molar-refractivity contribution in [3.05, 3.63) is 35.1 Å². The number of nitrogens with zero attached hydrogens (tertiary/aromatic N) is 1. The predicted molar refractivity (Wildman–Crippen MR) is 71.8 cm³/mol. The number of nitrogens with one attached hydrogen (secondary N) is 1. The van der Waals surface area contributed by atoms with Gasteiger partial charge in [-0.15, -0.1) is 12.4 Å². The topological polar surface area (TPSA) is 15.3 Å². The van der Waals surface area contributed by atoms with E-state index < -0.39 is 30.3 Å². The first-order valence-corrected chi connectivity index (χ1v) is 6.31. The summed E-state index contributed by atoms with van der Waals surface area (Å²) in [6.07, 6.45) is -4.77. The largest absolute Gasteiger partial charge is 0.419 e. The summed E-state index contributed by atoms with van der Waals surface area (Å²) in [6.45, 7) is 1.25. The molecular weight excluding hydrogens is 315 g/mol. The molecule has 0 aromatic heterocycles. The minimum Gasteiger partial charge on any atom is -0.314 e. The van der Waals surface area contributed by atoms with E-state index in [2.05, 4.69) is 5.32 Å². The molecule has 1 heterocycles. The van der Waals surface area contributed by atoms with Gasteiger partial charge in [0.25, 0.3) is 0 Å². The Hall–Kier alpha value is -0.920. The van der Waals surface area contributed by atoms with Crippen LogP contribution < -0.4 is 5.32 Å². The molecule has 1 aliphatic rings. The molecule has 1 atom stereocenters. The van der Waals surface area contributed by atoms with Crippen LogP contribution in [-0.2, 0) is 6.18 Å². The van der Waals surface area contributed by atoms with Crippen molar-refractivity contribution in [1.29, 1.82) is 0 Å². The molecule has 2 nitrogen and oxygen atoms in total. The van der Waals surface area contributed by atoms with Crippen molar-refractivity contribution in [2.75, 3.05) is 32.9 Å². The van der Waals surface area contributed by atoms with E-state index >= 15 is 0 Å². The van der Waals surface area contributed by atoms with Gasteiger partial charge in [0.15, 0.2) is 0 Å². The van der Waals surface area contributed by atoms with E-state index in [9.17, 15) is 22.0 Å². The SMILES string of the molecule is Cl.FC[C@H](c1cccc(C(F)(F)F)c1F)N1CCNCC1.